The van der Waals surface area contributed by atoms with Gasteiger partial charge in [0.2, 0.25) is 12.3 Å². The monoisotopic (exact) mass is 438 g/mol. The predicted molar refractivity (Wildman–Crippen MR) is 117 cm³/mol. The van der Waals surface area contributed by atoms with Gasteiger partial charge >= 0.3 is 5.91 Å². The maximum atomic E-state index is 12.8. The molecule has 7 heteroatoms. The number of nitrogens with zero attached hydrogens (tertiary/aromatic N) is 1. The van der Waals surface area contributed by atoms with Crippen LogP contribution in [-0.2, 0) is 4.79 Å². The third-order valence-corrected chi connectivity index (χ3v) is 5.33. The van der Waals surface area contributed by atoms with Gasteiger partial charge in [0.15, 0.2) is 6.04 Å². The maximum absolute atomic E-state index is 12.8. The lowest BCUT2D eigenvalue weighted by Crippen LogP contribution is -2.42. The van der Waals surface area contributed by atoms with Crippen LogP contribution in [0.15, 0.2) is 78.9 Å². The highest BCUT2D eigenvalue weighted by atomic mass is 35.5. The molecule has 3 aromatic carbocycles. The van der Waals surface area contributed by atoms with E-state index in [-0.39, 0.29) is 11.8 Å². The van der Waals surface area contributed by atoms with Crippen LogP contribution in [0.3, 0.4) is 0 Å². The zero-order chi connectivity index (χ0) is 21.1. The van der Waals surface area contributed by atoms with E-state index in [4.69, 9.17) is 23.2 Å². The van der Waals surface area contributed by atoms with Gasteiger partial charge in [-0.25, -0.2) is 0 Å². The summed E-state index contributed by atoms with van der Waals surface area (Å²) in [5, 5.41) is 3.98. The second-order valence-electron chi connectivity index (χ2n) is 6.88. The molecule has 0 spiro atoms. The van der Waals surface area contributed by atoms with E-state index in [9.17, 15) is 9.59 Å². The summed E-state index contributed by atoms with van der Waals surface area (Å²) in [6, 6.07) is 22.1. The van der Waals surface area contributed by atoms with Gasteiger partial charge in [-0.1, -0.05) is 53.5 Å². The lowest BCUT2D eigenvalue weighted by Gasteiger charge is -2.15. The Morgan fingerprint density at radius 3 is 2.13 bits per heavy atom. The number of halogens is 2. The molecule has 1 saturated heterocycles. The van der Waals surface area contributed by atoms with Crippen molar-refractivity contribution in [3.05, 3.63) is 106 Å². The van der Waals surface area contributed by atoms with Crippen LogP contribution in [0.25, 0.3) is 0 Å². The molecule has 1 aliphatic heterocycles. The largest absolute Gasteiger partial charge is 0.334 e. The van der Waals surface area contributed by atoms with E-state index in [1.165, 1.54) is 0 Å². The Labute approximate surface area is 183 Å². The van der Waals surface area contributed by atoms with Crippen LogP contribution in [0.1, 0.15) is 27.5 Å². The third-order valence-electron chi connectivity index (χ3n) is 4.83. The van der Waals surface area contributed by atoms with Gasteiger partial charge in [-0.05, 0) is 48.5 Å². The number of rotatable bonds is 4. The molecule has 0 aliphatic carbocycles. The van der Waals surface area contributed by atoms with E-state index in [1.54, 1.807) is 41.1 Å². The molecule has 0 unspecified atom stereocenters. The molecule has 0 aromatic heterocycles. The molecule has 0 saturated carbocycles. The summed E-state index contributed by atoms with van der Waals surface area (Å²) < 4.78 is 1.72. The van der Waals surface area contributed by atoms with Crippen LogP contribution in [0.2, 0.25) is 10.0 Å². The molecule has 2 amide bonds. The number of nitrogens with one attached hydrogen (secondary N) is 2. The van der Waals surface area contributed by atoms with Crippen LogP contribution in [0.4, 0.5) is 0 Å². The number of benzene rings is 3. The van der Waals surface area contributed by atoms with E-state index in [0.29, 0.717) is 15.6 Å². The molecule has 2 N–H and O–H groups in total. The molecule has 0 radical (unpaired) electrons. The van der Waals surface area contributed by atoms with Crippen LogP contribution in [-0.4, -0.2) is 28.8 Å². The summed E-state index contributed by atoms with van der Waals surface area (Å²) in [4.78, 5) is 25.6. The van der Waals surface area contributed by atoms with Gasteiger partial charge in [-0.2, -0.15) is 0 Å². The van der Waals surface area contributed by atoms with Gasteiger partial charge in [-0.3, -0.25) is 9.59 Å². The molecule has 0 bridgehead atoms. The molecule has 30 heavy (non-hydrogen) atoms. The Bertz CT molecular complexity index is 1100. The normalized spacial score (nSPS) is 19.5. The van der Waals surface area contributed by atoms with Gasteiger partial charge in [0.05, 0.1) is 0 Å². The fourth-order valence-corrected chi connectivity index (χ4v) is 3.62. The number of hydrogen-bond donors (Lipinski definition) is 2. The molecular formula is C23H18Cl2N3O2+. The molecule has 3 aromatic rings. The van der Waals surface area contributed by atoms with Crippen molar-refractivity contribution in [1.82, 2.24) is 10.7 Å². The standard InChI is InChI=1S/C23H17Cl2N3O2/c24-18-10-6-16(7-11-18)21-20(26-22(29)17-8-12-19(25)13-9-17)23(30)27-28(21)14-15-4-2-1-3-5-15/h1-14,20-21H,(H-,26,27,29,30)/p+1/b28-14-/t20-,21+/m0/s1. The lowest BCUT2D eigenvalue weighted by molar-refractivity contribution is -0.596. The van der Waals surface area contributed by atoms with Crippen molar-refractivity contribution in [3.63, 3.8) is 0 Å². The third kappa shape index (κ3) is 4.37. The summed E-state index contributed by atoms with van der Waals surface area (Å²) in [5.41, 5.74) is 5.03. The van der Waals surface area contributed by atoms with Crippen molar-refractivity contribution >= 4 is 41.2 Å². The van der Waals surface area contributed by atoms with Crippen molar-refractivity contribution in [2.24, 2.45) is 0 Å². The van der Waals surface area contributed by atoms with Crippen molar-refractivity contribution in [2.75, 3.05) is 0 Å². The van der Waals surface area contributed by atoms with Crippen LogP contribution in [0.5, 0.6) is 0 Å². The first kappa shape index (κ1) is 20.1. The summed E-state index contributed by atoms with van der Waals surface area (Å²) in [6.07, 6.45) is 1.84. The Balaban J connectivity index is 1.69. The van der Waals surface area contributed by atoms with Gasteiger partial charge in [0, 0.05) is 26.7 Å². The first-order valence-corrected chi connectivity index (χ1v) is 10.1. The average molecular weight is 439 g/mol. The van der Waals surface area contributed by atoms with Gasteiger partial charge < -0.3 is 5.32 Å². The van der Waals surface area contributed by atoms with Gasteiger partial charge in [0.25, 0.3) is 5.91 Å². The van der Waals surface area contributed by atoms with E-state index >= 15 is 0 Å². The molecule has 2 atom stereocenters. The first-order valence-electron chi connectivity index (χ1n) is 9.32. The zero-order valence-corrected chi connectivity index (χ0v) is 17.3. The Hall–Kier alpha value is -3.15. The van der Waals surface area contributed by atoms with E-state index < -0.39 is 12.1 Å². The maximum Gasteiger partial charge on any atom is 0.304 e. The van der Waals surface area contributed by atoms with E-state index in [2.05, 4.69) is 10.7 Å². The van der Waals surface area contributed by atoms with E-state index in [0.717, 1.165) is 11.1 Å². The number of carbonyl (C=O) groups is 2. The molecule has 5 nitrogen and oxygen atoms in total. The number of hydrogen-bond acceptors (Lipinski definition) is 2. The Morgan fingerprint density at radius 2 is 1.50 bits per heavy atom. The zero-order valence-electron chi connectivity index (χ0n) is 15.8. The van der Waals surface area contributed by atoms with Gasteiger partial charge in [0.1, 0.15) is 0 Å². The van der Waals surface area contributed by atoms with E-state index in [1.807, 2.05) is 48.7 Å². The molecule has 150 valence electrons. The SMILES string of the molecule is O=C(N[C@@H]1C(=O)N/[N+](=C\c2ccccc2)[C@@H]1c1ccc(Cl)cc1)c1ccc(Cl)cc1. The quantitative estimate of drug-likeness (QED) is 0.604. The topological polar surface area (TPSA) is 61.2 Å². The number of carbonyl (C=O) groups excluding carboxylic acids is 2. The fraction of sp³-hybridized carbons (Fsp3) is 0.0870. The summed E-state index contributed by atoms with van der Waals surface area (Å²) in [5.74, 6) is -0.656. The smallest absolute Gasteiger partial charge is 0.304 e. The van der Waals surface area contributed by atoms with Crippen molar-refractivity contribution in [1.29, 1.82) is 0 Å². The summed E-state index contributed by atoms with van der Waals surface area (Å²) in [7, 11) is 0. The second kappa shape index (κ2) is 8.69. The summed E-state index contributed by atoms with van der Waals surface area (Å²) in [6.45, 7) is 0. The minimum absolute atomic E-state index is 0.301. The van der Waals surface area contributed by atoms with Crippen LogP contribution < -0.4 is 10.7 Å². The predicted octanol–water partition coefficient (Wildman–Crippen LogP) is 4.01. The number of hydrazine groups is 1. The van der Waals surface area contributed by atoms with Crippen LogP contribution >= 0.6 is 23.2 Å². The summed E-state index contributed by atoms with van der Waals surface area (Å²) >= 11 is 11.9. The molecule has 1 aliphatic rings. The first-order chi connectivity index (χ1) is 14.5. The van der Waals surface area contributed by atoms with Crippen molar-refractivity contribution < 1.29 is 14.3 Å². The minimum atomic E-state index is -0.797. The molecule has 1 heterocycles. The Kier molecular flexibility index (Phi) is 5.84. The highest BCUT2D eigenvalue weighted by Gasteiger charge is 2.47. The minimum Gasteiger partial charge on any atom is -0.334 e. The number of hydrazone groups is 1. The lowest BCUT2D eigenvalue weighted by atomic mass is 10.00. The molecular weight excluding hydrogens is 421 g/mol. The average Bonchev–Trinajstić information content (AvgIpc) is 3.04. The van der Waals surface area contributed by atoms with Crippen LogP contribution in [0, 0.1) is 0 Å². The van der Waals surface area contributed by atoms with Crippen molar-refractivity contribution in [3.8, 4) is 0 Å². The molecule has 4 rings (SSSR count). The van der Waals surface area contributed by atoms with Gasteiger partial charge in [-0.15, -0.1) is 10.1 Å². The molecule has 1 fully saturated rings. The highest BCUT2D eigenvalue weighted by molar-refractivity contribution is 6.30. The van der Waals surface area contributed by atoms with Crippen molar-refractivity contribution in [2.45, 2.75) is 12.1 Å². The second-order valence-corrected chi connectivity index (χ2v) is 7.75. The number of amides is 2. The fourth-order valence-electron chi connectivity index (χ4n) is 3.37. The highest BCUT2D eigenvalue weighted by Crippen LogP contribution is 2.27. The Morgan fingerprint density at radius 1 is 0.900 bits per heavy atom.